The van der Waals surface area contributed by atoms with Crippen molar-refractivity contribution in [1.82, 2.24) is 14.9 Å². The average molecular weight is 278 g/mol. The zero-order chi connectivity index (χ0) is 14.8. The second-order valence-electron chi connectivity index (χ2n) is 6.26. The van der Waals surface area contributed by atoms with Gasteiger partial charge in [-0.1, -0.05) is 0 Å². The number of likely N-dealkylation sites (tertiary alicyclic amines) is 1. The molecule has 1 aromatic rings. The Labute approximate surface area is 119 Å². The Hall–Kier alpha value is -1.69. The minimum Gasteiger partial charge on any atom is -0.444 e. The van der Waals surface area contributed by atoms with E-state index in [1.54, 1.807) is 17.3 Å². The van der Waals surface area contributed by atoms with E-state index in [2.05, 4.69) is 9.97 Å². The van der Waals surface area contributed by atoms with Gasteiger partial charge >= 0.3 is 6.09 Å². The summed E-state index contributed by atoms with van der Waals surface area (Å²) >= 11 is 0. The highest BCUT2D eigenvalue weighted by molar-refractivity contribution is 5.69. The highest BCUT2D eigenvalue weighted by Gasteiger charge is 2.42. The van der Waals surface area contributed by atoms with Crippen LogP contribution in [0.2, 0.25) is 0 Å². The first kappa shape index (κ1) is 14.7. The van der Waals surface area contributed by atoms with Crippen molar-refractivity contribution in [1.29, 1.82) is 0 Å². The number of carbonyl (C=O) groups excluding carboxylic acids is 1. The molecule has 0 aromatic carbocycles. The highest BCUT2D eigenvalue weighted by atomic mass is 16.6. The fraction of sp³-hybridized carbons (Fsp3) is 0.643. The van der Waals surface area contributed by atoms with Crippen LogP contribution in [-0.4, -0.2) is 46.2 Å². The Kier molecular flexibility index (Phi) is 3.94. The molecule has 0 radical (unpaired) electrons. The van der Waals surface area contributed by atoms with Gasteiger partial charge in [0.05, 0.1) is 0 Å². The average Bonchev–Trinajstić information content (AvgIpc) is 2.84. The molecule has 1 aliphatic rings. The lowest BCUT2D eigenvalue weighted by Crippen LogP contribution is -2.41. The van der Waals surface area contributed by atoms with Crippen molar-refractivity contribution in [2.75, 3.05) is 19.6 Å². The molecule has 1 fully saturated rings. The van der Waals surface area contributed by atoms with Gasteiger partial charge in [0.25, 0.3) is 0 Å². The first-order valence-electron chi connectivity index (χ1n) is 6.80. The lowest BCUT2D eigenvalue weighted by molar-refractivity contribution is 0.0284. The molecule has 1 aliphatic heterocycles. The van der Waals surface area contributed by atoms with Crippen LogP contribution in [0.1, 0.15) is 32.8 Å². The van der Waals surface area contributed by atoms with E-state index in [-0.39, 0.29) is 11.5 Å². The lowest BCUT2D eigenvalue weighted by atomic mass is 9.81. The van der Waals surface area contributed by atoms with E-state index >= 15 is 0 Å². The molecule has 6 nitrogen and oxygen atoms in total. The van der Waals surface area contributed by atoms with Gasteiger partial charge < -0.3 is 15.4 Å². The molecule has 2 rings (SSSR count). The van der Waals surface area contributed by atoms with E-state index in [4.69, 9.17) is 10.5 Å². The van der Waals surface area contributed by atoms with Gasteiger partial charge in [-0.2, -0.15) is 0 Å². The monoisotopic (exact) mass is 278 g/mol. The Morgan fingerprint density at radius 2 is 2.10 bits per heavy atom. The summed E-state index contributed by atoms with van der Waals surface area (Å²) in [6, 6.07) is 0. The number of nitrogens with two attached hydrogens (primary N) is 1. The molecule has 0 saturated carbocycles. The maximum absolute atomic E-state index is 12.1. The summed E-state index contributed by atoms with van der Waals surface area (Å²) in [5.74, 6) is 0. The van der Waals surface area contributed by atoms with Crippen LogP contribution in [-0.2, 0) is 10.2 Å². The van der Waals surface area contributed by atoms with Gasteiger partial charge in [-0.15, -0.1) is 0 Å². The largest absolute Gasteiger partial charge is 0.444 e. The summed E-state index contributed by atoms with van der Waals surface area (Å²) in [5, 5.41) is 0. The number of amides is 1. The summed E-state index contributed by atoms with van der Waals surface area (Å²) in [7, 11) is 0. The minimum absolute atomic E-state index is 0.266. The molecule has 110 valence electrons. The van der Waals surface area contributed by atoms with Crippen molar-refractivity contribution < 1.29 is 9.53 Å². The summed E-state index contributed by atoms with van der Waals surface area (Å²) in [4.78, 5) is 21.9. The number of ether oxygens (including phenoxy) is 1. The maximum Gasteiger partial charge on any atom is 0.410 e. The Balaban J connectivity index is 2.12. The molecule has 20 heavy (non-hydrogen) atoms. The van der Waals surface area contributed by atoms with Gasteiger partial charge in [-0.25, -0.2) is 14.8 Å². The number of aromatic nitrogens is 2. The molecule has 1 atom stereocenters. The number of carbonyl (C=O) groups is 1. The zero-order valence-corrected chi connectivity index (χ0v) is 12.3. The van der Waals surface area contributed by atoms with E-state index in [1.165, 1.54) is 6.33 Å². The fourth-order valence-corrected chi connectivity index (χ4v) is 2.45. The number of nitrogens with zero attached hydrogens (tertiary/aromatic N) is 3. The Morgan fingerprint density at radius 3 is 2.65 bits per heavy atom. The van der Waals surface area contributed by atoms with E-state index in [0.717, 1.165) is 12.0 Å². The molecule has 0 aliphatic carbocycles. The molecule has 0 bridgehead atoms. The zero-order valence-electron chi connectivity index (χ0n) is 12.3. The smallest absolute Gasteiger partial charge is 0.410 e. The quantitative estimate of drug-likeness (QED) is 0.882. The standard InChI is InChI=1S/C14H22N4O2/c1-13(2,3)20-12(19)18-5-4-14(8-15,9-18)11-6-16-10-17-7-11/h6-7,10H,4-5,8-9,15H2,1-3H3. The number of hydrogen-bond donors (Lipinski definition) is 1. The molecular weight excluding hydrogens is 256 g/mol. The lowest BCUT2D eigenvalue weighted by Gasteiger charge is -2.28. The van der Waals surface area contributed by atoms with Gasteiger partial charge in [0.2, 0.25) is 0 Å². The van der Waals surface area contributed by atoms with Crippen LogP contribution < -0.4 is 5.73 Å². The third kappa shape index (κ3) is 3.07. The molecule has 0 spiro atoms. The van der Waals surface area contributed by atoms with Gasteiger partial charge in [0.15, 0.2) is 0 Å². The third-order valence-corrected chi connectivity index (χ3v) is 3.57. The normalized spacial score (nSPS) is 22.9. The van der Waals surface area contributed by atoms with E-state index in [1.807, 2.05) is 20.8 Å². The second kappa shape index (κ2) is 5.36. The third-order valence-electron chi connectivity index (χ3n) is 3.57. The molecule has 1 aromatic heterocycles. The van der Waals surface area contributed by atoms with Crippen molar-refractivity contribution in [2.45, 2.75) is 38.2 Å². The predicted molar refractivity (Wildman–Crippen MR) is 75.2 cm³/mol. The number of rotatable bonds is 2. The van der Waals surface area contributed by atoms with Crippen LogP contribution in [0, 0.1) is 0 Å². The topological polar surface area (TPSA) is 81.3 Å². The van der Waals surface area contributed by atoms with Crippen molar-refractivity contribution in [3.05, 3.63) is 24.3 Å². The Morgan fingerprint density at radius 1 is 1.45 bits per heavy atom. The van der Waals surface area contributed by atoms with Crippen LogP contribution in [0.4, 0.5) is 4.79 Å². The molecule has 2 heterocycles. The van der Waals surface area contributed by atoms with Gasteiger partial charge in [0, 0.05) is 37.4 Å². The molecule has 6 heteroatoms. The first-order valence-corrected chi connectivity index (χ1v) is 6.80. The van der Waals surface area contributed by atoms with Crippen LogP contribution >= 0.6 is 0 Å². The highest BCUT2D eigenvalue weighted by Crippen LogP contribution is 2.33. The fourth-order valence-electron chi connectivity index (χ4n) is 2.45. The van der Waals surface area contributed by atoms with Gasteiger partial charge in [0.1, 0.15) is 11.9 Å². The van der Waals surface area contributed by atoms with E-state index < -0.39 is 5.60 Å². The number of hydrogen-bond acceptors (Lipinski definition) is 5. The van der Waals surface area contributed by atoms with Crippen molar-refractivity contribution in [3.63, 3.8) is 0 Å². The van der Waals surface area contributed by atoms with E-state index in [0.29, 0.717) is 19.6 Å². The van der Waals surface area contributed by atoms with Crippen LogP contribution in [0.25, 0.3) is 0 Å². The molecule has 2 N–H and O–H groups in total. The second-order valence-corrected chi connectivity index (χ2v) is 6.26. The Bertz CT molecular complexity index is 472. The van der Waals surface area contributed by atoms with Gasteiger partial charge in [-0.05, 0) is 32.8 Å². The maximum atomic E-state index is 12.1. The van der Waals surface area contributed by atoms with Crippen molar-refractivity contribution >= 4 is 6.09 Å². The van der Waals surface area contributed by atoms with Crippen molar-refractivity contribution in [3.8, 4) is 0 Å². The molecular formula is C14H22N4O2. The summed E-state index contributed by atoms with van der Waals surface area (Å²) < 4.78 is 5.41. The molecule has 1 unspecified atom stereocenters. The van der Waals surface area contributed by atoms with E-state index in [9.17, 15) is 4.79 Å². The van der Waals surface area contributed by atoms with Crippen LogP contribution in [0.3, 0.4) is 0 Å². The summed E-state index contributed by atoms with van der Waals surface area (Å²) in [6.45, 7) is 7.24. The van der Waals surface area contributed by atoms with Gasteiger partial charge in [-0.3, -0.25) is 0 Å². The molecule has 1 amide bonds. The van der Waals surface area contributed by atoms with Crippen LogP contribution in [0.5, 0.6) is 0 Å². The van der Waals surface area contributed by atoms with Crippen LogP contribution in [0.15, 0.2) is 18.7 Å². The first-order chi connectivity index (χ1) is 9.36. The predicted octanol–water partition coefficient (Wildman–Crippen LogP) is 1.31. The molecule has 1 saturated heterocycles. The van der Waals surface area contributed by atoms with Crippen molar-refractivity contribution in [2.24, 2.45) is 5.73 Å². The SMILES string of the molecule is CC(C)(C)OC(=O)N1CCC(CN)(c2cncnc2)C1. The minimum atomic E-state index is -0.485. The summed E-state index contributed by atoms with van der Waals surface area (Å²) in [5.41, 5.74) is 6.19. The summed E-state index contributed by atoms with van der Waals surface area (Å²) in [6.07, 6.45) is 5.56.